The highest BCUT2D eigenvalue weighted by Gasteiger charge is 2.30. The van der Waals surface area contributed by atoms with Gasteiger partial charge in [0.25, 0.3) is 0 Å². The third kappa shape index (κ3) is 4.05. The van der Waals surface area contributed by atoms with Gasteiger partial charge in [-0.3, -0.25) is 0 Å². The monoisotopic (exact) mass is 370 g/mol. The fourth-order valence-corrected chi connectivity index (χ4v) is 2.71. The minimum atomic E-state index is -4.44. The number of hydrogen-bond donors (Lipinski definition) is 1. The first-order valence-electron chi connectivity index (χ1n) is 7.40. The van der Waals surface area contributed by atoms with Gasteiger partial charge in [0.15, 0.2) is 0 Å². The molecule has 3 rings (SSSR count). The lowest BCUT2D eigenvalue weighted by molar-refractivity contribution is -0.140. The zero-order chi connectivity index (χ0) is 18.0. The molecule has 3 aromatic rings. The number of ether oxygens (including phenoxy) is 1. The van der Waals surface area contributed by atoms with Gasteiger partial charge in [0, 0.05) is 6.07 Å². The number of aromatic nitrogens is 2. The molecule has 0 unspecified atom stereocenters. The molecule has 2 aromatic carbocycles. The van der Waals surface area contributed by atoms with Crippen LogP contribution in [-0.4, -0.2) is 20.8 Å². The molecule has 1 N–H and O–H groups in total. The smallest absolute Gasteiger partial charge is 0.406 e. The molecule has 4 nitrogen and oxygen atoms in total. The van der Waals surface area contributed by atoms with Gasteiger partial charge in [-0.15, -0.1) is 0 Å². The van der Waals surface area contributed by atoms with E-state index < -0.39 is 19.3 Å². The SMILES string of the molecule is OCc1nc2cc(OCc3ccccc3)c(Cl)cc2n1CC(F)(F)F. The third-order valence-electron chi connectivity index (χ3n) is 3.60. The van der Waals surface area contributed by atoms with Crippen LogP contribution in [0.2, 0.25) is 5.02 Å². The summed E-state index contributed by atoms with van der Waals surface area (Å²) in [5, 5.41) is 9.47. The largest absolute Gasteiger partial charge is 0.487 e. The van der Waals surface area contributed by atoms with E-state index in [0.29, 0.717) is 5.75 Å². The molecule has 1 heterocycles. The average Bonchev–Trinajstić information content (AvgIpc) is 2.89. The van der Waals surface area contributed by atoms with Gasteiger partial charge in [-0.25, -0.2) is 4.98 Å². The van der Waals surface area contributed by atoms with E-state index in [0.717, 1.165) is 10.1 Å². The number of rotatable bonds is 5. The maximum atomic E-state index is 12.8. The Morgan fingerprint density at radius 1 is 1.16 bits per heavy atom. The van der Waals surface area contributed by atoms with E-state index in [9.17, 15) is 18.3 Å². The number of aliphatic hydroxyl groups is 1. The van der Waals surface area contributed by atoms with Gasteiger partial charge >= 0.3 is 6.18 Å². The molecule has 25 heavy (non-hydrogen) atoms. The third-order valence-corrected chi connectivity index (χ3v) is 3.89. The molecule has 8 heteroatoms. The minimum Gasteiger partial charge on any atom is -0.487 e. The van der Waals surface area contributed by atoms with Crippen molar-refractivity contribution in [3.05, 3.63) is 58.9 Å². The summed E-state index contributed by atoms with van der Waals surface area (Å²) in [6.45, 7) is -1.59. The van der Waals surface area contributed by atoms with Crippen molar-refractivity contribution in [3.63, 3.8) is 0 Å². The van der Waals surface area contributed by atoms with Crippen molar-refractivity contribution < 1.29 is 23.0 Å². The zero-order valence-corrected chi connectivity index (χ0v) is 13.7. The molecule has 0 saturated carbocycles. The Kier molecular flexibility index (Phi) is 4.87. The van der Waals surface area contributed by atoms with Gasteiger partial charge in [-0.05, 0) is 11.6 Å². The molecular formula is C17H14ClF3N2O2. The Balaban J connectivity index is 1.93. The maximum Gasteiger partial charge on any atom is 0.406 e. The summed E-state index contributed by atoms with van der Waals surface area (Å²) in [4.78, 5) is 4.05. The van der Waals surface area contributed by atoms with Crippen LogP contribution in [0.5, 0.6) is 5.75 Å². The molecular weight excluding hydrogens is 357 g/mol. The van der Waals surface area contributed by atoms with Crippen LogP contribution in [0.15, 0.2) is 42.5 Å². The predicted octanol–water partition coefficient (Wildman–Crippen LogP) is 4.32. The highest BCUT2D eigenvalue weighted by atomic mass is 35.5. The zero-order valence-electron chi connectivity index (χ0n) is 12.9. The highest BCUT2D eigenvalue weighted by molar-refractivity contribution is 6.32. The van der Waals surface area contributed by atoms with Crippen molar-refractivity contribution in [2.45, 2.75) is 25.9 Å². The molecule has 0 fully saturated rings. The summed E-state index contributed by atoms with van der Waals surface area (Å²) in [5.41, 5.74) is 1.40. The molecule has 0 saturated heterocycles. The Labute approximate surface area is 146 Å². The van der Waals surface area contributed by atoms with E-state index in [1.807, 2.05) is 30.3 Å². The fourth-order valence-electron chi connectivity index (χ4n) is 2.50. The molecule has 0 atom stereocenters. The van der Waals surface area contributed by atoms with Gasteiger partial charge in [0.05, 0.1) is 16.1 Å². The first kappa shape index (κ1) is 17.6. The normalized spacial score (nSPS) is 11.9. The lowest BCUT2D eigenvalue weighted by Crippen LogP contribution is -2.19. The molecule has 0 aliphatic carbocycles. The van der Waals surface area contributed by atoms with Crippen LogP contribution in [-0.2, 0) is 19.8 Å². The topological polar surface area (TPSA) is 47.3 Å². The molecule has 0 bridgehead atoms. The molecule has 132 valence electrons. The fraction of sp³-hybridized carbons (Fsp3) is 0.235. The molecule has 0 aliphatic heterocycles. The van der Waals surface area contributed by atoms with Crippen LogP contribution in [0.3, 0.4) is 0 Å². The lowest BCUT2D eigenvalue weighted by Gasteiger charge is -2.12. The Morgan fingerprint density at radius 3 is 2.52 bits per heavy atom. The van der Waals surface area contributed by atoms with Gasteiger partial charge in [0.1, 0.15) is 31.3 Å². The van der Waals surface area contributed by atoms with E-state index in [4.69, 9.17) is 16.3 Å². The van der Waals surface area contributed by atoms with Crippen molar-refractivity contribution >= 4 is 22.6 Å². The number of fused-ring (bicyclic) bond motifs is 1. The lowest BCUT2D eigenvalue weighted by atomic mass is 10.2. The van der Waals surface area contributed by atoms with Gasteiger partial charge < -0.3 is 14.4 Å². The minimum absolute atomic E-state index is 0.0800. The number of aliphatic hydroxyl groups excluding tert-OH is 1. The molecule has 0 spiro atoms. The molecule has 0 amide bonds. The van der Waals surface area contributed by atoms with Crippen molar-refractivity contribution in [1.29, 1.82) is 0 Å². The molecule has 0 radical (unpaired) electrons. The van der Waals surface area contributed by atoms with Gasteiger partial charge in [-0.2, -0.15) is 13.2 Å². The van der Waals surface area contributed by atoms with Crippen LogP contribution < -0.4 is 4.74 Å². The van der Waals surface area contributed by atoms with E-state index in [2.05, 4.69) is 4.98 Å². The van der Waals surface area contributed by atoms with Crippen molar-refractivity contribution in [2.75, 3.05) is 0 Å². The molecule has 1 aromatic heterocycles. The number of imidazole rings is 1. The number of nitrogens with zero attached hydrogens (tertiary/aromatic N) is 2. The Morgan fingerprint density at radius 2 is 1.88 bits per heavy atom. The summed E-state index contributed by atoms with van der Waals surface area (Å²) >= 11 is 6.16. The number of alkyl halides is 3. The first-order chi connectivity index (χ1) is 11.9. The van der Waals surface area contributed by atoms with Gasteiger partial charge in [0.2, 0.25) is 0 Å². The first-order valence-corrected chi connectivity index (χ1v) is 7.78. The van der Waals surface area contributed by atoms with Crippen molar-refractivity contribution in [3.8, 4) is 5.75 Å². The van der Waals surface area contributed by atoms with E-state index in [-0.39, 0.29) is 28.5 Å². The standard InChI is InChI=1S/C17H14ClF3N2O2/c18-12-6-14-13(22-16(8-24)23(14)10-17(19,20)21)7-15(12)25-9-11-4-2-1-3-5-11/h1-7,24H,8-10H2. The number of halogens is 4. The number of hydrogen-bond acceptors (Lipinski definition) is 3. The summed E-state index contributed by atoms with van der Waals surface area (Å²) in [7, 11) is 0. The summed E-state index contributed by atoms with van der Waals surface area (Å²) in [6.07, 6.45) is -4.44. The Hall–Kier alpha value is -2.25. The summed E-state index contributed by atoms with van der Waals surface area (Å²) in [6, 6.07) is 12.2. The maximum absolute atomic E-state index is 12.8. The predicted molar refractivity (Wildman–Crippen MR) is 87.5 cm³/mol. The Bertz CT molecular complexity index is 879. The summed E-state index contributed by atoms with van der Waals surface area (Å²) < 4.78 is 44.8. The number of benzene rings is 2. The second-order valence-electron chi connectivity index (χ2n) is 5.43. The van der Waals surface area contributed by atoms with Crippen LogP contribution >= 0.6 is 11.6 Å². The van der Waals surface area contributed by atoms with Crippen molar-refractivity contribution in [2.24, 2.45) is 0 Å². The van der Waals surface area contributed by atoms with E-state index >= 15 is 0 Å². The van der Waals surface area contributed by atoms with E-state index in [1.165, 1.54) is 12.1 Å². The highest BCUT2D eigenvalue weighted by Crippen LogP contribution is 2.32. The van der Waals surface area contributed by atoms with Crippen molar-refractivity contribution in [1.82, 2.24) is 9.55 Å². The van der Waals surface area contributed by atoms with Gasteiger partial charge in [-0.1, -0.05) is 41.9 Å². The summed E-state index contributed by atoms with van der Waals surface area (Å²) in [5.74, 6) is 0.239. The second-order valence-corrected chi connectivity index (χ2v) is 5.84. The second kappa shape index (κ2) is 6.93. The van der Waals surface area contributed by atoms with Crippen LogP contribution in [0.25, 0.3) is 11.0 Å². The quantitative estimate of drug-likeness (QED) is 0.727. The van der Waals surface area contributed by atoms with Crippen LogP contribution in [0.4, 0.5) is 13.2 Å². The average molecular weight is 371 g/mol. The molecule has 0 aliphatic rings. The van der Waals surface area contributed by atoms with Crippen LogP contribution in [0.1, 0.15) is 11.4 Å². The van der Waals surface area contributed by atoms with E-state index in [1.54, 1.807) is 0 Å². The van der Waals surface area contributed by atoms with Crippen LogP contribution in [0, 0.1) is 0 Å².